The zero-order valence-electron chi connectivity index (χ0n) is 12.3. The SMILES string of the molecule is FC(F)(F)c1ccc([C@H](C2CCC2)N2CCNCC2)cc1Cl. The predicted octanol–water partition coefficient (Wildman–Crippen LogP) is 4.11. The van der Waals surface area contributed by atoms with E-state index in [1.54, 1.807) is 6.07 Å². The van der Waals surface area contributed by atoms with Crippen molar-refractivity contribution in [2.24, 2.45) is 5.92 Å². The van der Waals surface area contributed by atoms with Crippen LogP contribution in [0.1, 0.15) is 36.4 Å². The van der Waals surface area contributed by atoms with E-state index in [4.69, 9.17) is 11.6 Å². The van der Waals surface area contributed by atoms with E-state index < -0.39 is 11.7 Å². The molecule has 1 aromatic carbocycles. The van der Waals surface area contributed by atoms with Crippen molar-refractivity contribution < 1.29 is 13.2 Å². The van der Waals surface area contributed by atoms with Crippen molar-refractivity contribution in [1.82, 2.24) is 10.2 Å². The molecule has 1 aromatic rings. The molecule has 0 bridgehead atoms. The molecule has 0 unspecified atom stereocenters. The highest BCUT2D eigenvalue weighted by Crippen LogP contribution is 2.43. The Balaban J connectivity index is 1.89. The monoisotopic (exact) mass is 332 g/mol. The van der Waals surface area contributed by atoms with Crippen LogP contribution in [0.5, 0.6) is 0 Å². The molecular formula is C16H20ClF3N2. The van der Waals surface area contributed by atoms with Crippen LogP contribution in [0.3, 0.4) is 0 Å². The van der Waals surface area contributed by atoms with E-state index in [0.29, 0.717) is 5.92 Å². The molecule has 1 N–H and O–H groups in total. The molecule has 122 valence electrons. The second kappa shape index (κ2) is 6.38. The molecule has 0 amide bonds. The summed E-state index contributed by atoms with van der Waals surface area (Å²) in [5, 5.41) is 3.13. The number of hydrogen-bond donors (Lipinski definition) is 1. The van der Waals surface area contributed by atoms with Crippen molar-refractivity contribution in [2.75, 3.05) is 26.2 Å². The van der Waals surface area contributed by atoms with Crippen molar-refractivity contribution >= 4 is 11.6 Å². The summed E-state index contributed by atoms with van der Waals surface area (Å²) in [6, 6.07) is 4.45. The molecule has 2 fully saturated rings. The average Bonchev–Trinajstić information content (AvgIpc) is 2.42. The van der Waals surface area contributed by atoms with Gasteiger partial charge < -0.3 is 5.32 Å². The number of benzene rings is 1. The maximum atomic E-state index is 12.9. The molecule has 0 spiro atoms. The minimum absolute atomic E-state index is 0.190. The van der Waals surface area contributed by atoms with Crippen molar-refractivity contribution in [3.8, 4) is 0 Å². The van der Waals surface area contributed by atoms with Gasteiger partial charge in [0.2, 0.25) is 0 Å². The van der Waals surface area contributed by atoms with Crippen LogP contribution >= 0.6 is 11.6 Å². The van der Waals surface area contributed by atoms with Gasteiger partial charge in [-0.15, -0.1) is 0 Å². The normalized spacial score (nSPS) is 22.4. The Kier molecular flexibility index (Phi) is 4.67. The molecule has 1 saturated carbocycles. The van der Waals surface area contributed by atoms with Crippen LogP contribution in [-0.4, -0.2) is 31.1 Å². The second-order valence-corrected chi connectivity index (χ2v) is 6.57. The molecule has 3 rings (SSSR count). The van der Waals surface area contributed by atoms with Gasteiger partial charge in [0, 0.05) is 32.2 Å². The Morgan fingerprint density at radius 2 is 1.86 bits per heavy atom. The van der Waals surface area contributed by atoms with Crippen molar-refractivity contribution in [3.05, 3.63) is 34.3 Å². The first-order chi connectivity index (χ1) is 10.5. The van der Waals surface area contributed by atoms with Crippen molar-refractivity contribution in [2.45, 2.75) is 31.5 Å². The number of nitrogens with one attached hydrogen (secondary N) is 1. The van der Waals surface area contributed by atoms with Gasteiger partial charge in [0.15, 0.2) is 0 Å². The van der Waals surface area contributed by atoms with E-state index in [0.717, 1.165) is 50.7 Å². The molecule has 1 atom stereocenters. The Morgan fingerprint density at radius 1 is 1.18 bits per heavy atom. The van der Waals surface area contributed by atoms with Crippen LogP contribution in [0.25, 0.3) is 0 Å². The maximum absolute atomic E-state index is 12.9. The number of piperazine rings is 1. The molecule has 0 radical (unpaired) electrons. The summed E-state index contributed by atoms with van der Waals surface area (Å²) in [7, 11) is 0. The topological polar surface area (TPSA) is 15.3 Å². The zero-order valence-corrected chi connectivity index (χ0v) is 13.1. The summed E-state index contributed by atoms with van der Waals surface area (Å²) in [6.45, 7) is 3.72. The van der Waals surface area contributed by atoms with Gasteiger partial charge in [-0.3, -0.25) is 4.90 Å². The van der Waals surface area contributed by atoms with E-state index >= 15 is 0 Å². The van der Waals surface area contributed by atoms with Gasteiger partial charge in [-0.1, -0.05) is 24.1 Å². The highest BCUT2D eigenvalue weighted by Gasteiger charge is 2.36. The number of halogens is 4. The Hall–Kier alpha value is -0.780. The number of nitrogens with zero attached hydrogens (tertiary/aromatic N) is 1. The minimum atomic E-state index is -4.39. The Morgan fingerprint density at radius 3 is 2.36 bits per heavy atom. The lowest BCUT2D eigenvalue weighted by Gasteiger charge is -2.43. The molecule has 1 aliphatic heterocycles. The number of alkyl halides is 3. The molecular weight excluding hydrogens is 313 g/mol. The van der Waals surface area contributed by atoms with Crippen LogP contribution in [-0.2, 0) is 6.18 Å². The first kappa shape index (κ1) is 16.1. The van der Waals surface area contributed by atoms with Crippen LogP contribution in [0.15, 0.2) is 18.2 Å². The van der Waals surface area contributed by atoms with Crippen LogP contribution in [0.4, 0.5) is 13.2 Å². The molecule has 1 saturated heterocycles. The molecule has 6 heteroatoms. The smallest absolute Gasteiger partial charge is 0.314 e. The summed E-state index contributed by atoms with van der Waals surface area (Å²) in [5.74, 6) is 0.533. The third-order valence-electron chi connectivity index (χ3n) is 4.78. The molecule has 22 heavy (non-hydrogen) atoms. The summed E-state index contributed by atoms with van der Waals surface area (Å²) in [4.78, 5) is 2.39. The predicted molar refractivity (Wildman–Crippen MR) is 81.0 cm³/mol. The number of hydrogen-bond acceptors (Lipinski definition) is 2. The van der Waals surface area contributed by atoms with Gasteiger partial charge >= 0.3 is 6.18 Å². The van der Waals surface area contributed by atoms with Gasteiger partial charge in [0.05, 0.1) is 10.6 Å². The van der Waals surface area contributed by atoms with Gasteiger partial charge in [0.1, 0.15) is 0 Å². The summed E-state index contributed by atoms with van der Waals surface area (Å²) in [5.41, 5.74) is 0.176. The van der Waals surface area contributed by atoms with E-state index in [-0.39, 0.29) is 11.1 Å². The van der Waals surface area contributed by atoms with Gasteiger partial charge in [-0.25, -0.2) is 0 Å². The average molecular weight is 333 g/mol. The largest absolute Gasteiger partial charge is 0.417 e. The number of rotatable bonds is 3. The quantitative estimate of drug-likeness (QED) is 0.896. The van der Waals surface area contributed by atoms with Gasteiger partial charge in [0.25, 0.3) is 0 Å². The first-order valence-corrected chi connectivity index (χ1v) is 8.16. The standard InChI is InChI=1S/C16H20ClF3N2/c17-14-10-12(4-5-13(14)16(18,19)20)15(11-2-1-3-11)22-8-6-21-7-9-22/h4-5,10-11,15,21H,1-3,6-9H2/t15-/m0/s1. The van der Waals surface area contributed by atoms with Crippen molar-refractivity contribution in [1.29, 1.82) is 0 Å². The van der Waals surface area contributed by atoms with E-state index in [1.807, 2.05) is 0 Å². The minimum Gasteiger partial charge on any atom is -0.314 e. The van der Waals surface area contributed by atoms with E-state index in [9.17, 15) is 13.2 Å². The highest BCUT2D eigenvalue weighted by molar-refractivity contribution is 6.31. The van der Waals surface area contributed by atoms with Gasteiger partial charge in [-0.05, 0) is 36.5 Å². The fourth-order valence-corrected chi connectivity index (χ4v) is 3.74. The molecule has 0 aromatic heterocycles. The van der Waals surface area contributed by atoms with Crippen LogP contribution in [0, 0.1) is 5.92 Å². The van der Waals surface area contributed by atoms with Gasteiger partial charge in [-0.2, -0.15) is 13.2 Å². The zero-order chi connectivity index (χ0) is 15.7. The Labute approximate surface area is 133 Å². The van der Waals surface area contributed by atoms with E-state index in [2.05, 4.69) is 10.2 Å². The molecule has 1 aliphatic carbocycles. The molecule has 2 nitrogen and oxygen atoms in total. The molecule has 1 heterocycles. The highest BCUT2D eigenvalue weighted by atomic mass is 35.5. The van der Waals surface area contributed by atoms with Crippen LogP contribution < -0.4 is 5.32 Å². The third kappa shape index (κ3) is 3.26. The van der Waals surface area contributed by atoms with E-state index in [1.165, 1.54) is 12.5 Å². The first-order valence-electron chi connectivity index (χ1n) is 7.78. The maximum Gasteiger partial charge on any atom is 0.417 e. The second-order valence-electron chi connectivity index (χ2n) is 6.16. The van der Waals surface area contributed by atoms with Crippen LogP contribution in [0.2, 0.25) is 5.02 Å². The lowest BCUT2D eigenvalue weighted by atomic mass is 9.76. The van der Waals surface area contributed by atoms with Crippen molar-refractivity contribution in [3.63, 3.8) is 0 Å². The third-order valence-corrected chi connectivity index (χ3v) is 5.09. The fourth-order valence-electron chi connectivity index (χ4n) is 3.44. The fraction of sp³-hybridized carbons (Fsp3) is 0.625. The summed E-state index contributed by atoms with van der Waals surface area (Å²) < 4.78 is 38.6. The molecule has 2 aliphatic rings. The summed E-state index contributed by atoms with van der Waals surface area (Å²) in [6.07, 6.45) is -0.890. The lowest BCUT2D eigenvalue weighted by molar-refractivity contribution is -0.137. The Bertz CT molecular complexity index is 523. The summed E-state index contributed by atoms with van der Waals surface area (Å²) >= 11 is 5.91. The lowest BCUT2D eigenvalue weighted by Crippen LogP contribution is -2.47.